The van der Waals surface area contributed by atoms with Gasteiger partial charge in [-0.3, -0.25) is 0 Å². The minimum absolute atomic E-state index is 0.195. The molecule has 0 bridgehead atoms. The maximum absolute atomic E-state index is 9.95. The molecule has 2 aromatic rings. The van der Waals surface area contributed by atoms with E-state index in [1.807, 2.05) is 4.68 Å². The molecule has 5 rings (SSSR count). The van der Waals surface area contributed by atoms with E-state index in [4.69, 9.17) is 15.6 Å². The van der Waals surface area contributed by atoms with Gasteiger partial charge in [0.15, 0.2) is 0 Å². The Bertz CT molecular complexity index is 1050. The highest BCUT2D eigenvalue weighted by atomic mass is 16.5. The molecule has 7 heteroatoms. The summed E-state index contributed by atoms with van der Waals surface area (Å²) >= 11 is 0. The first kappa shape index (κ1) is 20.0. The number of rotatable bonds is 4. The van der Waals surface area contributed by atoms with Crippen LogP contribution in [0.1, 0.15) is 61.4 Å². The summed E-state index contributed by atoms with van der Waals surface area (Å²) in [6.07, 6.45) is 2.21. The van der Waals surface area contributed by atoms with E-state index in [1.165, 1.54) is 5.69 Å². The largest absolute Gasteiger partial charge is 0.422 e. The molecule has 1 saturated heterocycles. The lowest BCUT2D eigenvalue weighted by Gasteiger charge is -2.34. The summed E-state index contributed by atoms with van der Waals surface area (Å²) in [5, 5.41) is 14.9. The Morgan fingerprint density at radius 3 is 2.39 bits per heavy atom. The van der Waals surface area contributed by atoms with Crippen LogP contribution in [0.25, 0.3) is 0 Å². The standard InChI is InChI=1S/C24H30N6O/c1-15(2)22-21-20(16-4-6-17(7-5-16)29-12-10-28(3)11-13-29)19(14-25)23(26)31-24(21)30(27-22)18-8-9-18/h4-7,15,18,20H,8-13,26H2,1-3H3. The Morgan fingerprint density at radius 1 is 1.13 bits per heavy atom. The molecule has 1 saturated carbocycles. The number of nitrogens with two attached hydrogens (primary N) is 1. The molecule has 2 fully saturated rings. The SMILES string of the molecule is CC(C)c1nn(C2CC2)c2c1C(c1ccc(N3CCN(C)CC3)cc1)C(C#N)=C(N)O2. The predicted molar refractivity (Wildman–Crippen MR) is 120 cm³/mol. The summed E-state index contributed by atoms with van der Waals surface area (Å²) in [7, 11) is 2.16. The van der Waals surface area contributed by atoms with Gasteiger partial charge in [-0.25, -0.2) is 4.68 Å². The fourth-order valence-corrected chi connectivity index (χ4v) is 4.66. The quantitative estimate of drug-likeness (QED) is 0.820. The maximum atomic E-state index is 9.95. The number of likely N-dealkylation sites (N-methyl/N-ethyl adjacent to an activating group) is 1. The minimum Gasteiger partial charge on any atom is -0.422 e. The molecule has 3 heterocycles. The highest BCUT2D eigenvalue weighted by molar-refractivity contribution is 5.58. The van der Waals surface area contributed by atoms with Crippen LogP contribution in [-0.4, -0.2) is 47.9 Å². The van der Waals surface area contributed by atoms with Crippen molar-refractivity contribution in [3.8, 4) is 11.9 Å². The number of hydrogen-bond acceptors (Lipinski definition) is 6. The van der Waals surface area contributed by atoms with Crippen molar-refractivity contribution in [3.05, 3.63) is 52.5 Å². The van der Waals surface area contributed by atoms with Gasteiger partial charge in [0.2, 0.25) is 11.8 Å². The Labute approximate surface area is 183 Å². The number of piperazine rings is 1. The van der Waals surface area contributed by atoms with Crippen molar-refractivity contribution < 1.29 is 4.74 Å². The molecule has 1 unspecified atom stereocenters. The zero-order chi connectivity index (χ0) is 21.7. The maximum Gasteiger partial charge on any atom is 0.224 e. The van der Waals surface area contributed by atoms with Crippen molar-refractivity contribution in [2.24, 2.45) is 5.73 Å². The molecule has 0 spiro atoms. The van der Waals surface area contributed by atoms with Crippen LogP contribution in [0.3, 0.4) is 0 Å². The average Bonchev–Trinajstić information content (AvgIpc) is 3.54. The molecule has 7 nitrogen and oxygen atoms in total. The second-order valence-electron chi connectivity index (χ2n) is 9.24. The van der Waals surface area contributed by atoms with E-state index in [-0.39, 0.29) is 17.7 Å². The molecular formula is C24H30N6O. The number of hydrogen-bond donors (Lipinski definition) is 1. The highest BCUT2D eigenvalue weighted by Gasteiger charge is 2.40. The van der Waals surface area contributed by atoms with Crippen molar-refractivity contribution in [3.63, 3.8) is 0 Å². The number of aromatic nitrogens is 2. The van der Waals surface area contributed by atoms with Crippen LogP contribution in [-0.2, 0) is 0 Å². The van der Waals surface area contributed by atoms with Crippen LogP contribution in [0.4, 0.5) is 5.69 Å². The second-order valence-corrected chi connectivity index (χ2v) is 9.24. The van der Waals surface area contributed by atoms with Crippen LogP contribution < -0.4 is 15.4 Å². The molecule has 3 aliphatic rings. The van der Waals surface area contributed by atoms with Crippen LogP contribution in [0.5, 0.6) is 5.88 Å². The molecule has 0 amide bonds. The van der Waals surface area contributed by atoms with Crippen LogP contribution in [0, 0.1) is 11.3 Å². The minimum atomic E-state index is -0.250. The van der Waals surface area contributed by atoms with E-state index >= 15 is 0 Å². The van der Waals surface area contributed by atoms with Gasteiger partial charge in [-0.15, -0.1) is 0 Å². The van der Waals surface area contributed by atoms with Crippen molar-refractivity contribution in [1.82, 2.24) is 14.7 Å². The van der Waals surface area contributed by atoms with Gasteiger partial charge in [0, 0.05) is 31.9 Å². The van der Waals surface area contributed by atoms with Crippen molar-refractivity contribution >= 4 is 5.69 Å². The van der Waals surface area contributed by atoms with E-state index in [9.17, 15) is 5.26 Å². The number of benzene rings is 1. The summed E-state index contributed by atoms with van der Waals surface area (Å²) < 4.78 is 8.00. The topological polar surface area (TPSA) is 83.3 Å². The fourth-order valence-electron chi connectivity index (χ4n) is 4.66. The first-order valence-electron chi connectivity index (χ1n) is 11.2. The number of nitriles is 1. The summed E-state index contributed by atoms with van der Waals surface area (Å²) in [5.74, 6) is 0.889. The predicted octanol–water partition coefficient (Wildman–Crippen LogP) is 3.31. The Morgan fingerprint density at radius 2 is 1.81 bits per heavy atom. The Hall–Kier alpha value is -2.98. The lowest BCUT2D eigenvalue weighted by Crippen LogP contribution is -2.44. The summed E-state index contributed by atoms with van der Waals surface area (Å²) in [5.41, 5.74) is 11.0. The van der Waals surface area contributed by atoms with E-state index in [0.29, 0.717) is 11.6 Å². The van der Waals surface area contributed by atoms with E-state index < -0.39 is 0 Å². The van der Waals surface area contributed by atoms with Gasteiger partial charge >= 0.3 is 0 Å². The third-order valence-corrected chi connectivity index (χ3v) is 6.63. The molecule has 1 atom stereocenters. The fraction of sp³-hybridized carbons (Fsp3) is 0.500. The van der Waals surface area contributed by atoms with Crippen LogP contribution >= 0.6 is 0 Å². The number of allylic oxidation sites excluding steroid dienone is 1. The van der Waals surface area contributed by atoms with Gasteiger partial charge in [0.25, 0.3) is 0 Å². The molecule has 2 N–H and O–H groups in total. The molecular weight excluding hydrogens is 388 g/mol. The smallest absolute Gasteiger partial charge is 0.224 e. The van der Waals surface area contributed by atoms with Gasteiger partial charge in [0.05, 0.1) is 23.2 Å². The zero-order valence-electron chi connectivity index (χ0n) is 18.5. The van der Waals surface area contributed by atoms with Crippen molar-refractivity contribution in [2.75, 3.05) is 38.1 Å². The highest BCUT2D eigenvalue weighted by Crippen LogP contribution is 2.49. The number of anilines is 1. The molecule has 1 aromatic heterocycles. The van der Waals surface area contributed by atoms with Crippen LogP contribution in [0.15, 0.2) is 35.7 Å². The van der Waals surface area contributed by atoms with Gasteiger partial charge < -0.3 is 20.3 Å². The summed E-state index contributed by atoms with van der Waals surface area (Å²) in [4.78, 5) is 4.77. The van der Waals surface area contributed by atoms with Crippen molar-refractivity contribution in [2.45, 2.75) is 44.6 Å². The monoisotopic (exact) mass is 418 g/mol. The first-order valence-corrected chi connectivity index (χ1v) is 11.2. The Kier molecular flexibility index (Phi) is 4.90. The third-order valence-electron chi connectivity index (χ3n) is 6.63. The normalized spacial score (nSPS) is 21.8. The van der Waals surface area contributed by atoms with Gasteiger partial charge in [0.1, 0.15) is 11.6 Å². The first-order chi connectivity index (χ1) is 15.0. The number of nitrogens with zero attached hydrogens (tertiary/aromatic N) is 5. The summed E-state index contributed by atoms with van der Waals surface area (Å²) in [6.45, 7) is 8.47. The van der Waals surface area contributed by atoms with Gasteiger partial charge in [-0.1, -0.05) is 26.0 Å². The van der Waals surface area contributed by atoms with Gasteiger partial charge in [-0.2, -0.15) is 10.4 Å². The molecule has 162 valence electrons. The number of fused-ring (bicyclic) bond motifs is 1. The molecule has 31 heavy (non-hydrogen) atoms. The van der Waals surface area contributed by atoms with E-state index in [2.05, 4.69) is 61.0 Å². The molecule has 2 aliphatic heterocycles. The summed E-state index contributed by atoms with van der Waals surface area (Å²) in [6, 6.07) is 11.3. The number of ether oxygens (including phenoxy) is 1. The van der Waals surface area contributed by atoms with Crippen molar-refractivity contribution in [1.29, 1.82) is 5.26 Å². The van der Waals surface area contributed by atoms with Crippen LogP contribution in [0.2, 0.25) is 0 Å². The molecule has 1 aromatic carbocycles. The average molecular weight is 419 g/mol. The molecule has 0 radical (unpaired) electrons. The lowest BCUT2D eigenvalue weighted by molar-refractivity contribution is 0.313. The molecule has 1 aliphatic carbocycles. The second kappa shape index (κ2) is 7.61. The lowest BCUT2D eigenvalue weighted by atomic mass is 9.82. The zero-order valence-corrected chi connectivity index (χ0v) is 18.5. The third kappa shape index (κ3) is 3.45. The Balaban J connectivity index is 1.56. The van der Waals surface area contributed by atoms with E-state index in [1.54, 1.807) is 0 Å². The van der Waals surface area contributed by atoms with E-state index in [0.717, 1.165) is 61.7 Å². The van der Waals surface area contributed by atoms with Gasteiger partial charge in [-0.05, 0) is 43.5 Å².